The molecule has 23 heavy (non-hydrogen) atoms. The van der Waals surface area contributed by atoms with Crippen LogP contribution in [0, 0.1) is 11.8 Å². The smallest absolute Gasteiger partial charge is 1.00 e. The van der Waals surface area contributed by atoms with E-state index in [0.29, 0.717) is 0 Å². The van der Waals surface area contributed by atoms with Crippen molar-refractivity contribution < 1.29 is 44.0 Å². The molecule has 0 heterocycles. The quantitative estimate of drug-likeness (QED) is 0.593. The van der Waals surface area contributed by atoms with Crippen LogP contribution in [0.2, 0.25) is 0 Å². The van der Waals surface area contributed by atoms with E-state index in [4.69, 9.17) is 0 Å². The van der Waals surface area contributed by atoms with Crippen LogP contribution in [0.4, 0.5) is 0 Å². The standard InChI is InChI=1S/2C10H13.2ClH.Ti/c2*1-2-6-9(5-1)10-7-3-4-8-10;;;/h2*1,5,10H,2-4,7-8H2;2*1H;/q;;;;+2/p-2. The van der Waals surface area contributed by atoms with Gasteiger partial charge in [-0.25, -0.2) is 0 Å². The molecule has 0 amide bonds. The fourth-order valence-electron chi connectivity index (χ4n) is 4.71. The molecule has 0 bridgehead atoms. The first kappa shape index (κ1) is 19.6. The molecule has 0 atom stereocenters. The van der Waals surface area contributed by atoms with E-state index in [1.165, 1.54) is 64.2 Å². The van der Waals surface area contributed by atoms with Crippen molar-refractivity contribution in [3.05, 3.63) is 43.2 Å². The average molecular weight is 385 g/mol. The van der Waals surface area contributed by atoms with Gasteiger partial charge < -0.3 is 24.8 Å². The minimum atomic E-state index is -0.0198. The molecule has 0 nitrogen and oxygen atoms in total. The SMILES string of the molecule is C1=CC(C2CCCC2)=[C]([Ti+2][C]2=C(C3CCCC3)C=CC2)C1.[Cl-].[Cl-]. The van der Waals surface area contributed by atoms with Crippen molar-refractivity contribution in [1.82, 2.24) is 0 Å². The van der Waals surface area contributed by atoms with Crippen molar-refractivity contribution in [3.8, 4) is 0 Å². The molecule has 4 aliphatic carbocycles. The molecule has 124 valence electrons. The minimum absolute atomic E-state index is 0. The van der Waals surface area contributed by atoms with Crippen molar-refractivity contribution in [2.24, 2.45) is 11.8 Å². The molecule has 0 aromatic rings. The van der Waals surface area contributed by atoms with Crippen molar-refractivity contribution in [1.29, 1.82) is 0 Å². The summed E-state index contributed by atoms with van der Waals surface area (Å²) < 4.78 is 3.77. The third-order valence-electron chi connectivity index (χ3n) is 5.83. The van der Waals surface area contributed by atoms with Crippen LogP contribution in [-0.4, -0.2) is 0 Å². The van der Waals surface area contributed by atoms with Gasteiger partial charge in [-0.2, -0.15) is 0 Å². The number of rotatable bonds is 4. The second-order valence-electron chi connectivity index (χ2n) is 7.17. The summed E-state index contributed by atoms with van der Waals surface area (Å²) in [5.74, 6) is 1.85. The zero-order chi connectivity index (χ0) is 14.1. The summed E-state index contributed by atoms with van der Waals surface area (Å²) in [5.41, 5.74) is 3.58. The largest absolute Gasteiger partial charge is 1.00 e. The van der Waals surface area contributed by atoms with E-state index in [0.717, 1.165) is 11.8 Å². The second kappa shape index (κ2) is 9.09. The van der Waals surface area contributed by atoms with Crippen LogP contribution in [0.25, 0.3) is 0 Å². The first-order valence-electron chi connectivity index (χ1n) is 8.98. The monoisotopic (exact) mass is 384 g/mol. The molecule has 3 heteroatoms. The maximum Gasteiger partial charge on any atom is -1.00 e. The topological polar surface area (TPSA) is 0 Å². The van der Waals surface area contributed by atoms with Gasteiger partial charge in [-0.05, 0) is 0 Å². The van der Waals surface area contributed by atoms with Crippen LogP contribution in [0.15, 0.2) is 43.2 Å². The fraction of sp³-hybridized carbons (Fsp3) is 0.600. The molecule has 4 rings (SSSR count). The van der Waals surface area contributed by atoms with Crippen LogP contribution in [0.3, 0.4) is 0 Å². The summed E-state index contributed by atoms with van der Waals surface area (Å²) in [4.78, 5) is 0. The van der Waals surface area contributed by atoms with Gasteiger partial charge in [0.1, 0.15) is 0 Å². The van der Waals surface area contributed by atoms with Gasteiger partial charge in [-0.15, -0.1) is 0 Å². The molecular weight excluding hydrogens is 359 g/mol. The molecule has 2 fully saturated rings. The van der Waals surface area contributed by atoms with Crippen LogP contribution < -0.4 is 24.8 Å². The summed E-state index contributed by atoms with van der Waals surface area (Å²) in [6.07, 6.45) is 24.2. The Morgan fingerprint density at radius 1 is 0.652 bits per heavy atom. The summed E-state index contributed by atoms with van der Waals surface area (Å²) in [5, 5.41) is 0. The first-order chi connectivity index (χ1) is 10.4. The Kier molecular flexibility index (Phi) is 7.74. The Labute approximate surface area is 162 Å². The fourth-order valence-corrected chi connectivity index (χ4v) is 7.32. The van der Waals surface area contributed by atoms with Crippen LogP contribution >= 0.6 is 0 Å². The maximum absolute atomic E-state index is 2.49. The first-order valence-corrected chi connectivity index (χ1v) is 10.5. The average Bonchev–Trinajstić information content (AvgIpc) is 3.28. The predicted molar refractivity (Wildman–Crippen MR) is 85.5 cm³/mol. The molecular formula is C20H26Cl2Ti. The third kappa shape index (κ3) is 4.27. The molecule has 4 aliphatic rings. The van der Waals surface area contributed by atoms with Gasteiger partial charge in [0.15, 0.2) is 0 Å². The Morgan fingerprint density at radius 2 is 1.04 bits per heavy atom. The van der Waals surface area contributed by atoms with E-state index >= 15 is 0 Å². The summed E-state index contributed by atoms with van der Waals surface area (Å²) in [7, 11) is 0. The molecule has 0 aliphatic heterocycles. The molecule has 0 radical (unpaired) electrons. The number of hydrogen-bond donors (Lipinski definition) is 0. The van der Waals surface area contributed by atoms with E-state index in [9.17, 15) is 0 Å². The van der Waals surface area contributed by atoms with Gasteiger partial charge >= 0.3 is 138 Å². The van der Waals surface area contributed by atoms with Crippen LogP contribution in [0.5, 0.6) is 0 Å². The number of hydrogen-bond acceptors (Lipinski definition) is 0. The zero-order valence-electron chi connectivity index (χ0n) is 13.8. The van der Waals surface area contributed by atoms with Gasteiger partial charge in [-0.1, -0.05) is 0 Å². The maximum atomic E-state index is 2.49. The predicted octanol–water partition coefficient (Wildman–Crippen LogP) is -0.115. The third-order valence-corrected chi connectivity index (χ3v) is 8.31. The van der Waals surface area contributed by atoms with Gasteiger partial charge in [0.25, 0.3) is 0 Å². The van der Waals surface area contributed by atoms with Crippen molar-refractivity contribution in [2.45, 2.75) is 64.2 Å². The van der Waals surface area contributed by atoms with Crippen molar-refractivity contribution >= 4 is 0 Å². The Bertz CT molecular complexity index is 482. The second-order valence-corrected chi connectivity index (χ2v) is 9.44. The summed E-state index contributed by atoms with van der Waals surface area (Å²) in [6.45, 7) is 0. The van der Waals surface area contributed by atoms with E-state index in [1.54, 1.807) is 11.1 Å². The van der Waals surface area contributed by atoms with E-state index in [-0.39, 0.29) is 44.0 Å². The van der Waals surface area contributed by atoms with Crippen LogP contribution in [0.1, 0.15) is 64.2 Å². The van der Waals surface area contributed by atoms with Gasteiger partial charge in [0, 0.05) is 0 Å². The minimum Gasteiger partial charge on any atom is -1.00 e. The number of halogens is 2. The molecule has 0 spiro atoms. The van der Waals surface area contributed by atoms with E-state index in [2.05, 4.69) is 24.3 Å². The molecule has 0 aromatic heterocycles. The molecule has 2 saturated carbocycles. The Hall–Kier alpha value is 0.254. The Morgan fingerprint density at radius 3 is 1.43 bits per heavy atom. The van der Waals surface area contributed by atoms with Crippen molar-refractivity contribution in [2.75, 3.05) is 0 Å². The van der Waals surface area contributed by atoms with Gasteiger partial charge in [-0.3, -0.25) is 0 Å². The normalized spacial score (nSPS) is 24.3. The molecule has 0 unspecified atom stereocenters. The molecule has 0 N–H and O–H groups in total. The summed E-state index contributed by atoms with van der Waals surface area (Å²) in [6, 6.07) is 0. The summed E-state index contributed by atoms with van der Waals surface area (Å²) >= 11 is -0.0198. The van der Waals surface area contributed by atoms with E-state index in [1.807, 2.05) is 7.76 Å². The van der Waals surface area contributed by atoms with Crippen LogP contribution in [-0.2, 0) is 19.2 Å². The Balaban J connectivity index is 0.000000960. The zero-order valence-corrected chi connectivity index (χ0v) is 16.9. The van der Waals surface area contributed by atoms with Gasteiger partial charge in [0.2, 0.25) is 0 Å². The number of allylic oxidation sites excluding steroid dienone is 8. The van der Waals surface area contributed by atoms with Gasteiger partial charge in [0.05, 0.1) is 0 Å². The van der Waals surface area contributed by atoms with Crippen molar-refractivity contribution in [3.63, 3.8) is 0 Å². The molecule has 0 saturated heterocycles. The van der Waals surface area contributed by atoms with E-state index < -0.39 is 0 Å². The molecule has 0 aromatic carbocycles.